The van der Waals surface area contributed by atoms with Crippen molar-refractivity contribution < 1.29 is 53.4 Å². The first kappa shape index (κ1) is 50.0. The molecule has 6 saturated heterocycles. The molecule has 0 spiro atoms. The zero-order chi connectivity index (χ0) is 49.5. The van der Waals surface area contributed by atoms with Crippen LogP contribution in [0.15, 0.2) is 42.9 Å². The van der Waals surface area contributed by atoms with Crippen LogP contribution in [-0.4, -0.2) is 198 Å². The molecule has 6 fully saturated rings. The Morgan fingerprint density at radius 3 is 1.50 bits per heavy atom. The summed E-state index contributed by atoms with van der Waals surface area (Å²) in [4.78, 5) is 139. The number of carboxylic acids is 1. The Balaban J connectivity index is 0.898. The number of benzene rings is 1. The number of nitrogens with one attached hydrogen (secondary N) is 5. The number of rotatable bonds is 17. The fourth-order valence-electron chi connectivity index (χ4n) is 11.2. The maximum atomic E-state index is 14.5. The van der Waals surface area contributed by atoms with Crippen LogP contribution in [-0.2, 0) is 56.0 Å². The number of aliphatic hydroxyl groups excluding tert-OH is 1. The van der Waals surface area contributed by atoms with Gasteiger partial charge in [0.2, 0.25) is 47.3 Å². The highest BCUT2D eigenvalue weighted by molar-refractivity contribution is 5.99. The smallest absolute Gasteiger partial charge is 0.326 e. The summed E-state index contributed by atoms with van der Waals surface area (Å²) < 4.78 is 0. The number of amides is 8. The van der Waals surface area contributed by atoms with Gasteiger partial charge in [0.25, 0.3) is 0 Å². The molecule has 1 aromatic carbocycles. The molecule has 7 N–H and O–H groups in total. The topological polar surface area (TPSA) is 287 Å². The molecule has 6 aliphatic rings. The van der Waals surface area contributed by atoms with Gasteiger partial charge in [-0.1, -0.05) is 30.3 Å². The molecule has 0 radical (unpaired) electrons. The van der Waals surface area contributed by atoms with Crippen LogP contribution in [0, 0.1) is 0 Å². The molecule has 6 aliphatic heterocycles. The van der Waals surface area contributed by atoms with Crippen LogP contribution < -0.4 is 21.3 Å². The first-order valence-electron chi connectivity index (χ1n) is 24.9. The molecule has 2 aromatic rings. The van der Waals surface area contributed by atoms with Gasteiger partial charge in [-0.3, -0.25) is 38.4 Å². The molecule has 0 unspecified atom stereocenters. The number of carbonyl (C=O) groups excluding carboxylic acids is 8. The van der Waals surface area contributed by atoms with E-state index >= 15 is 0 Å². The molecular formula is C48H65N11O11. The van der Waals surface area contributed by atoms with E-state index in [2.05, 4.69) is 31.2 Å². The molecule has 9 atom stereocenters. The zero-order valence-corrected chi connectivity index (χ0v) is 39.3. The summed E-state index contributed by atoms with van der Waals surface area (Å²) in [7, 11) is 0. The standard InChI is InChI=1S/C48H65N11O11/c60-27-34(41(62)53-33(48(69)70)24-29-10-2-1-3-11-29)54-40(61)32(25-30-26-49-28-51-30)52-42(63)35-13-5-19-55(35)44(65)37-15-7-21-57(37)46(67)39-17-9-23-59(39)47(68)38-16-8-22-58(38)45(66)36-14-6-20-56(36)43(64)31-12-4-18-50-31/h1-3,10-11,26,28,31-39,50,60H,4-9,12-25,27H2,(H,49,51)(H,52,63)(H,53,62)(H,54,61)(H,69,70)/t31-,32-,33-,34-,35-,36-,37-,38-,39-/m0/s1. The lowest BCUT2D eigenvalue weighted by molar-refractivity contribution is -0.154. The minimum absolute atomic E-state index is 0.0547. The van der Waals surface area contributed by atoms with Crippen molar-refractivity contribution in [3.05, 3.63) is 54.1 Å². The Labute approximate surface area is 405 Å². The largest absolute Gasteiger partial charge is 0.480 e. The van der Waals surface area contributed by atoms with Gasteiger partial charge < -0.3 is 61.0 Å². The average molecular weight is 972 g/mol. The molecule has 1 aromatic heterocycles. The van der Waals surface area contributed by atoms with Gasteiger partial charge in [-0.25, -0.2) is 9.78 Å². The van der Waals surface area contributed by atoms with E-state index in [0.717, 1.165) is 19.4 Å². The summed E-state index contributed by atoms with van der Waals surface area (Å²) in [6, 6.07) is -0.0937. The monoisotopic (exact) mass is 971 g/mol. The van der Waals surface area contributed by atoms with Crippen molar-refractivity contribution in [3.63, 3.8) is 0 Å². The summed E-state index contributed by atoms with van der Waals surface area (Å²) in [5.74, 6) is -5.17. The van der Waals surface area contributed by atoms with E-state index < -0.39 is 84.5 Å². The highest BCUT2D eigenvalue weighted by Crippen LogP contribution is 2.32. The SMILES string of the molecule is O=C(O)[C@H](Cc1ccccc1)NC(=O)[C@H](CO)NC(=O)[C@H](Cc1cnc[nH]1)NC(=O)[C@@H]1CCCN1C(=O)[C@@H]1CCCN1C(=O)[C@@H]1CCCN1C(=O)[C@@H]1CCCN1C(=O)[C@@H]1CCCN1C(=O)[C@@H]1CCCN1. The molecule has 22 heteroatoms. The maximum Gasteiger partial charge on any atom is 0.326 e. The number of carbonyl (C=O) groups is 9. The van der Waals surface area contributed by atoms with E-state index in [1.807, 2.05) is 0 Å². The normalized spacial score (nSPS) is 25.7. The van der Waals surface area contributed by atoms with Crippen molar-refractivity contribution in [3.8, 4) is 0 Å². The lowest BCUT2D eigenvalue weighted by Crippen LogP contribution is -2.60. The van der Waals surface area contributed by atoms with Crippen LogP contribution in [0.25, 0.3) is 0 Å². The van der Waals surface area contributed by atoms with Crippen LogP contribution in [0.2, 0.25) is 0 Å². The van der Waals surface area contributed by atoms with Gasteiger partial charge in [-0.05, 0) is 89.2 Å². The van der Waals surface area contributed by atoms with Crippen LogP contribution in [0.4, 0.5) is 0 Å². The van der Waals surface area contributed by atoms with Crippen LogP contribution in [0.5, 0.6) is 0 Å². The van der Waals surface area contributed by atoms with Crippen molar-refractivity contribution in [1.82, 2.24) is 55.7 Å². The van der Waals surface area contributed by atoms with Crippen molar-refractivity contribution in [1.29, 1.82) is 0 Å². The van der Waals surface area contributed by atoms with Crippen molar-refractivity contribution in [2.24, 2.45) is 0 Å². The number of aromatic nitrogens is 2. The molecule has 378 valence electrons. The second-order valence-corrected chi connectivity index (χ2v) is 19.3. The number of hydrogen-bond acceptors (Lipinski definition) is 12. The van der Waals surface area contributed by atoms with E-state index in [0.29, 0.717) is 88.7 Å². The minimum atomic E-state index is -1.58. The fourth-order valence-corrected chi connectivity index (χ4v) is 11.2. The quantitative estimate of drug-likeness (QED) is 0.0946. The number of aliphatic carboxylic acids is 1. The predicted octanol–water partition coefficient (Wildman–Crippen LogP) is -1.57. The van der Waals surface area contributed by atoms with Gasteiger partial charge in [0.05, 0.1) is 19.0 Å². The average Bonchev–Trinajstić information content (AvgIpc) is 4.23. The van der Waals surface area contributed by atoms with E-state index in [9.17, 15) is 53.4 Å². The summed E-state index contributed by atoms with van der Waals surface area (Å²) in [5, 5.41) is 30.8. The molecule has 8 amide bonds. The van der Waals surface area contributed by atoms with E-state index in [-0.39, 0.29) is 62.0 Å². The lowest BCUT2D eigenvalue weighted by Gasteiger charge is -2.36. The Hall–Kier alpha value is -6.42. The Bertz CT molecular complexity index is 2260. The van der Waals surface area contributed by atoms with Gasteiger partial charge in [-0.15, -0.1) is 0 Å². The number of aliphatic hydroxyl groups is 1. The van der Waals surface area contributed by atoms with Gasteiger partial charge in [-0.2, -0.15) is 0 Å². The lowest BCUT2D eigenvalue weighted by atomic mass is 10.1. The van der Waals surface area contributed by atoms with Crippen molar-refractivity contribution >= 4 is 53.2 Å². The summed E-state index contributed by atoms with van der Waals surface area (Å²) in [5.41, 5.74) is 1.09. The number of carboxylic acid groups (broad SMARTS) is 1. The van der Waals surface area contributed by atoms with Crippen LogP contribution >= 0.6 is 0 Å². The Morgan fingerprint density at radius 2 is 1.04 bits per heavy atom. The number of nitrogens with zero attached hydrogens (tertiary/aromatic N) is 6. The second kappa shape index (κ2) is 22.6. The number of H-pyrrole nitrogens is 1. The summed E-state index contributed by atoms with van der Waals surface area (Å²) in [6.07, 6.45) is 9.15. The third-order valence-electron chi connectivity index (χ3n) is 14.8. The Morgan fingerprint density at radius 1 is 0.571 bits per heavy atom. The van der Waals surface area contributed by atoms with Crippen LogP contribution in [0.3, 0.4) is 0 Å². The molecule has 70 heavy (non-hydrogen) atoms. The molecule has 0 aliphatic carbocycles. The van der Waals surface area contributed by atoms with Gasteiger partial charge >= 0.3 is 5.97 Å². The number of aromatic amines is 1. The summed E-state index contributed by atoms with van der Waals surface area (Å²) in [6.45, 7) is 1.57. The maximum absolute atomic E-state index is 14.5. The van der Waals surface area contributed by atoms with Gasteiger partial charge in [0, 0.05) is 57.5 Å². The Kier molecular flexibility index (Phi) is 16.1. The first-order chi connectivity index (χ1) is 33.8. The molecule has 0 bridgehead atoms. The number of likely N-dealkylation sites (tertiary alicyclic amines) is 5. The number of hydrogen-bond donors (Lipinski definition) is 7. The van der Waals surface area contributed by atoms with Gasteiger partial charge in [0.15, 0.2) is 0 Å². The molecule has 22 nitrogen and oxygen atoms in total. The molecule has 7 heterocycles. The molecular weight excluding hydrogens is 907 g/mol. The molecule has 8 rings (SSSR count). The van der Waals surface area contributed by atoms with Crippen molar-refractivity contribution in [2.45, 2.75) is 144 Å². The fraction of sp³-hybridized carbons (Fsp3) is 0.625. The highest BCUT2D eigenvalue weighted by atomic mass is 16.4. The predicted molar refractivity (Wildman–Crippen MR) is 248 cm³/mol. The van der Waals surface area contributed by atoms with Gasteiger partial charge in [0.1, 0.15) is 48.3 Å². The third kappa shape index (κ3) is 11.0. The molecule has 0 saturated carbocycles. The summed E-state index contributed by atoms with van der Waals surface area (Å²) >= 11 is 0. The third-order valence-corrected chi connectivity index (χ3v) is 14.8. The second-order valence-electron chi connectivity index (χ2n) is 19.3. The van der Waals surface area contributed by atoms with Crippen molar-refractivity contribution in [2.75, 3.05) is 45.9 Å². The zero-order valence-electron chi connectivity index (χ0n) is 39.3. The minimum Gasteiger partial charge on any atom is -0.480 e. The van der Waals surface area contributed by atoms with E-state index in [1.165, 1.54) is 22.3 Å². The van der Waals surface area contributed by atoms with E-state index in [4.69, 9.17) is 0 Å². The first-order valence-corrected chi connectivity index (χ1v) is 24.9. The number of imidazole rings is 1. The van der Waals surface area contributed by atoms with Crippen LogP contribution in [0.1, 0.15) is 88.3 Å². The highest BCUT2D eigenvalue weighted by Gasteiger charge is 2.49. The van der Waals surface area contributed by atoms with E-state index in [1.54, 1.807) is 45.0 Å².